The molecule has 0 aliphatic rings. The Morgan fingerprint density at radius 1 is 1.04 bits per heavy atom. The van der Waals surface area contributed by atoms with Crippen molar-refractivity contribution in [3.63, 3.8) is 0 Å². The zero-order valence-electron chi connectivity index (χ0n) is 13.0. The van der Waals surface area contributed by atoms with Crippen molar-refractivity contribution in [2.24, 2.45) is 0 Å². The predicted octanol–water partition coefficient (Wildman–Crippen LogP) is 4.06. The number of benzene rings is 2. The van der Waals surface area contributed by atoms with Gasteiger partial charge < -0.3 is 9.84 Å². The Kier molecular flexibility index (Phi) is 4.19. The summed E-state index contributed by atoms with van der Waals surface area (Å²) in [4.78, 5) is 15.8. The van der Waals surface area contributed by atoms with E-state index in [1.165, 1.54) is 5.56 Å². The molecule has 23 heavy (non-hydrogen) atoms. The number of nitrogens with one attached hydrogen (secondary N) is 1. The minimum absolute atomic E-state index is 0.0165. The minimum Gasteiger partial charge on any atom is -0.334 e. The number of anilines is 1. The molecule has 3 rings (SSSR count). The predicted molar refractivity (Wildman–Crippen MR) is 88.8 cm³/mol. The fraction of sp³-hybridized carbons (Fsp3) is 0.167. The topological polar surface area (TPSA) is 68.0 Å². The number of nitrogens with zero attached hydrogens (tertiary/aromatic N) is 2. The van der Waals surface area contributed by atoms with Crippen LogP contribution in [0.25, 0.3) is 22.8 Å². The molecule has 2 aromatic carbocycles. The van der Waals surface area contributed by atoms with Gasteiger partial charge in [0.25, 0.3) is 5.89 Å². The second-order valence-electron chi connectivity index (χ2n) is 5.27. The van der Waals surface area contributed by atoms with Crippen LogP contribution in [0.2, 0.25) is 0 Å². The summed E-state index contributed by atoms with van der Waals surface area (Å²) in [6.07, 6.45) is 0.450. The van der Waals surface area contributed by atoms with E-state index in [1.54, 1.807) is 0 Å². The summed E-state index contributed by atoms with van der Waals surface area (Å²) >= 11 is 0. The summed E-state index contributed by atoms with van der Waals surface area (Å²) in [7, 11) is 0. The molecule has 5 heteroatoms. The monoisotopic (exact) mass is 307 g/mol. The Hall–Kier alpha value is -2.95. The van der Waals surface area contributed by atoms with E-state index in [-0.39, 0.29) is 5.91 Å². The highest BCUT2D eigenvalue weighted by atomic mass is 16.5. The van der Waals surface area contributed by atoms with E-state index < -0.39 is 0 Å². The first-order valence-corrected chi connectivity index (χ1v) is 7.47. The summed E-state index contributed by atoms with van der Waals surface area (Å²) in [5.41, 5.74) is 3.66. The van der Waals surface area contributed by atoms with Gasteiger partial charge in [0.05, 0.1) is 0 Å². The van der Waals surface area contributed by atoms with Crippen LogP contribution in [0.3, 0.4) is 0 Å². The Bertz CT molecular complexity index is 805. The maximum absolute atomic E-state index is 11.4. The second kappa shape index (κ2) is 6.44. The minimum atomic E-state index is -0.0165. The summed E-state index contributed by atoms with van der Waals surface area (Å²) in [6.45, 7) is 3.85. The molecule has 0 fully saturated rings. The van der Waals surface area contributed by atoms with Crippen molar-refractivity contribution in [3.05, 3.63) is 54.1 Å². The lowest BCUT2D eigenvalue weighted by Gasteiger charge is -2.03. The Labute approximate surface area is 134 Å². The third kappa shape index (κ3) is 3.45. The quantitative estimate of drug-likeness (QED) is 0.789. The average Bonchev–Trinajstić information content (AvgIpc) is 3.06. The van der Waals surface area contributed by atoms with Gasteiger partial charge in [-0.15, -0.1) is 0 Å². The summed E-state index contributed by atoms with van der Waals surface area (Å²) in [6, 6.07) is 15.3. The third-order valence-corrected chi connectivity index (χ3v) is 3.47. The number of rotatable bonds is 4. The number of hydrogen-bond donors (Lipinski definition) is 1. The van der Waals surface area contributed by atoms with Crippen molar-refractivity contribution in [3.8, 4) is 22.8 Å². The largest absolute Gasteiger partial charge is 0.334 e. The van der Waals surface area contributed by atoms with Gasteiger partial charge in [-0.05, 0) is 31.2 Å². The SMILES string of the molecule is CCC(=O)Nc1ccc(-c2nc(-c3ccc(C)cc3)no2)cc1. The number of hydrogen-bond acceptors (Lipinski definition) is 4. The highest BCUT2D eigenvalue weighted by Gasteiger charge is 2.10. The molecule has 0 saturated carbocycles. The van der Waals surface area contributed by atoms with Crippen LogP contribution in [0.5, 0.6) is 0 Å². The van der Waals surface area contributed by atoms with E-state index in [9.17, 15) is 4.79 Å². The molecule has 3 aromatic rings. The molecule has 1 aromatic heterocycles. The van der Waals surface area contributed by atoms with Crippen LogP contribution in [0.4, 0.5) is 5.69 Å². The Morgan fingerprint density at radius 2 is 1.70 bits per heavy atom. The first-order chi connectivity index (χ1) is 11.2. The zero-order chi connectivity index (χ0) is 16.2. The molecule has 0 bridgehead atoms. The lowest BCUT2D eigenvalue weighted by molar-refractivity contribution is -0.115. The van der Waals surface area contributed by atoms with Gasteiger partial charge in [0.2, 0.25) is 11.7 Å². The van der Waals surface area contributed by atoms with Crippen molar-refractivity contribution in [1.82, 2.24) is 10.1 Å². The van der Waals surface area contributed by atoms with Crippen LogP contribution in [0.15, 0.2) is 53.1 Å². The van der Waals surface area contributed by atoms with E-state index >= 15 is 0 Å². The van der Waals surface area contributed by atoms with Gasteiger partial charge in [-0.3, -0.25) is 4.79 Å². The van der Waals surface area contributed by atoms with Crippen LogP contribution in [-0.2, 0) is 4.79 Å². The molecule has 0 unspecified atom stereocenters. The normalized spacial score (nSPS) is 10.5. The molecule has 1 amide bonds. The van der Waals surface area contributed by atoms with E-state index in [4.69, 9.17) is 4.52 Å². The fourth-order valence-corrected chi connectivity index (χ4v) is 2.11. The number of carbonyl (C=O) groups excluding carboxylic acids is 1. The van der Waals surface area contributed by atoms with Crippen molar-refractivity contribution >= 4 is 11.6 Å². The molecule has 0 aliphatic carbocycles. The Morgan fingerprint density at radius 3 is 2.35 bits per heavy atom. The zero-order valence-corrected chi connectivity index (χ0v) is 13.0. The standard InChI is InChI=1S/C18H17N3O2/c1-3-16(22)19-15-10-8-14(9-11-15)18-20-17(21-23-18)13-6-4-12(2)5-7-13/h4-11H,3H2,1-2H3,(H,19,22). The van der Waals surface area contributed by atoms with Gasteiger partial charge in [0, 0.05) is 23.2 Å². The molecular weight excluding hydrogens is 290 g/mol. The molecule has 0 atom stereocenters. The molecule has 0 aliphatic heterocycles. The smallest absolute Gasteiger partial charge is 0.258 e. The molecule has 0 radical (unpaired) electrons. The number of carbonyl (C=O) groups is 1. The summed E-state index contributed by atoms with van der Waals surface area (Å²) < 4.78 is 5.33. The van der Waals surface area contributed by atoms with Crippen LogP contribution in [-0.4, -0.2) is 16.0 Å². The molecule has 116 valence electrons. The van der Waals surface area contributed by atoms with Crippen LogP contribution < -0.4 is 5.32 Å². The average molecular weight is 307 g/mol. The molecule has 0 saturated heterocycles. The number of aryl methyl sites for hydroxylation is 1. The maximum atomic E-state index is 11.4. The van der Waals surface area contributed by atoms with Gasteiger partial charge in [-0.1, -0.05) is 41.9 Å². The van der Waals surface area contributed by atoms with Crippen LogP contribution >= 0.6 is 0 Å². The highest BCUT2D eigenvalue weighted by molar-refractivity contribution is 5.90. The van der Waals surface area contributed by atoms with E-state index in [2.05, 4.69) is 15.5 Å². The summed E-state index contributed by atoms with van der Waals surface area (Å²) in [5, 5.41) is 6.82. The molecule has 5 nitrogen and oxygen atoms in total. The number of amides is 1. The van der Waals surface area contributed by atoms with Crippen LogP contribution in [0, 0.1) is 6.92 Å². The van der Waals surface area contributed by atoms with Gasteiger partial charge in [-0.2, -0.15) is 4.98 Å². The van der Waals surface area contributed by atoms with Crippen LogP contribution in [0.1, 0.15) is 18.9 Å². The third-order valence-electron chi connectivity index (χ3n) is 3.47. The fourth-order valence-electron chi connectivity index (χ4n) is 2.11. The van der Waals surface area contributed by atoms with Crippen molar-refractivity contribution < 1.29 is 9.32 Å². The van der Waals surface area contributed by atoms with Crippen molar-refractivity contribution in [1.29, 1.82) is 0 Å². The second-order valence-corrected chi connectivity index (χ2v) is 5.27. The van der Waals surface area contributed by atoms with Gasteiger partial charge >= 0.3 is 0 Å². The number of aromatic nitrogens is 2. The van der Waals surface area contributed by atoms with Gasteiger partial charge in [0.1, 0.15) is 0 Å². The van der Waals surface area contributed by atoms with E-state index in [0.29, 0.717) is 18.1 Å². The Balaban J connectivity index is 1.80. The molecule has 1 heterocycles. The highest BCUT2D eigenvalue weighted by Crippen LogP contribution is 2.23. The van der Waals surface area contributed by atoms with Gasteiger partial charge in [-0.25, -0.2) is 0 Å². The maximum Gasteiger partial charge on any atom is 0.258 e. The van der Waals surface area contributed by atoms with Crippen molar-refractivity contribution in [2.45, 2.75) is 20.3 Å². The first-order valence-electron chi connectivity index (χ1n) is 7.47. The van der Waals surface area contributed by atoms with E-state index in [0.717, 1.165) is 16.8 Å². The molecular formula is C18H17N3O2. The molecule has 1 N–H and O–H groups in total. The van der Waals surface area contributed by atoms with Crippen molar-refractivity contribution in [2.75, 3.05) is 5.32 Å². The summed E-state index contributed by atoms with van der Waals surface area (Å²) in [5.74, 6) is 0.995. The van der Waals surface area contributed by atoms with E-state index in [1.807, 2.05) is 62.4 Å². The van der Waals surface area contributed by atoms with Gasteiger partial charge in [0.15, 0.2) is 0 Å². The first kappa shape index (κ1) is 15.0. The lowest BCUT2D eigenvalue weighted by Crippen LogP contribution is -2.08. The molecule has 0 spiro atoms. The lowest BCUT2D eigenvalue weighted by atomic mass is 10.1.